The molecule has 1 aliphatic rings. The molecule has 2 heterocycles. The first-order valence-corrected chi connectivity index (χ1v) is 7.46. The van der Waals surface area contributed by atoms with E-state index in [1.807, 2.05) is 12.4 Å². The lowest BCUT2D eigenvalue weighted by atomic mass is 9.74. The third-order valence-electron chi connectivity index (χ3n) is 4.44. The van der Waals surface area contributed by atoms with E-state index in [4.69, 9.17) is 5.73 Å². The summed E-state index contributed by atoms with van der Waals surface area (Å²) in [6.45, 7) is 6.81. The normalized spacial score (nSPS) is 22.5. The molecule has 108 valence electrons. The van der Waals surface area contributed by atoms with E-state index in [0.717, 1.165) is 25.1 Å². The van der Waals surface area contributed by atoms with Crippen LogP contribution in [0.25, 0.3) is 0 Å². The summed E-state index contributed by atoms with van der Waals surface area (Å²) in [4.78, 5) is 7.69. The van der Waals surface area contributed by atoms with Crippen LogP contribution < -0.4 is 5.73 Å². The molecule has 1 aliphatic carbocycles. The first-order chi connectivity index (χ1) is 9.52. The molecule has 0 radical (unpaired) electrons. The van der Waals surface area contributed by atoms with Gasteiger partial charge in [-0.15, -0.1) is 0 Å². The number of imidazole rings is 1. The summed E-state index contributed by atoms with van der Waals surface area (Å²) < 4.78 is 2.37. The van der Waals surface area contributed by atoms with Crippen LogP contribution in [0, 0.1) is 5.41 Å². The van der Waals surface area contributed by atoms with Crippen molar-refractivity contribution < 1.29 is 0 Å². The Labute approximate surface area is 120 Å². The minimum absolute atomic E-state index is 0.157. The van der Waals surface area contributed by atoms with Gasteiger partial charge in [0.05, 0.1) is 6.04 Å². The molecule has 0 bridgehead atoms. The number of rotatable bonds is 3. The van der Waals surface area contributed by atoms with Crippen LogP contribution in [0.5, 0.6) is 0 Å². The Balaban J connectivity index is 2.04. The predicted octanol–water partition coefficient (Wildman–Crippen LogP) is 3.18. The number of nitrogens with zero attached hydrogens (tertiary/aromatic N) is 2. The second kappa shape index (κ2) is 4.77. The molecule has 0 saturated carbocycles. The van der Waals surface area contributed by atoms with Crippen molar-refractivity contribution in [1.82, 2.24) is 14.5 Å². The van der Waals surface area contributed by atoms with Gasteiger partial charge in [-0.3, -0.25) is 0 Å². The van der Waals surface area contributed by atoms with Crippen molar-refractivity contribution in [3.05, 3.63) is 41.7 Å². The van der Waals surface area contributed by atoms with Gasteiger partial charge in [-0.2, -0.15) is 0 Å². The molecule has 4 heteroatoms. The zero-order valence-corrected chi connectivity index (χ0v) is 12.6. The van der Waals surface area contributed by atoms with Crippen LogP contribution in [0.15, 0.2) is 24.7 Å². The Morgan fingerprint density at radius 3 is 3.00 bits per heavy atom. The molecule has 0 saturated heterocycles. The van der Waals surface area contributed by atoms with E-state index in [2.05, 4.69) is 47.6 Å². The Bertz CT molecular complexity index is 580. The van der Waals surface area contributed by atoms with Crippen LogP contribution >= 0.6 is 0 Å². The van der Waals surface area contributed by atoms with Gasteiger partial charge in [0, 0.05) is 30.3 Å². The van der Waals surface area contributed by atoms with Crippen molar-refractivity contribution in [2.24, 2.45) is 11.1 Å². The van der Waals surface area contributed by atoms with Crippen molar-refractivity contribution >= 4 is 0 Å². The van der Waals surface area contributed by atoms with Crippen molar-refractivity contribution in [3.8, 4) is 0 Å². The number of H-pyrrole nitrogens is 1. The lowest BCUT2D eigenvalue weighted by Gasteiger charge is -2.35. The second-order valence-corrected chi connectivity index (χ2v) is 6.68. The van der Waals surface area contributed by atoms with Crippen LogP contribution in [0.2, 0.25) is 0 Å². The van der Waals surface area contributed by atoms with Gasteiger partial charge in [0.2, 0.25) is 0 Å². The monoisotopic (exact) mass is 272 g/mol. The highest BCUT2D eigenvalue weighted by molar-refractivity contribution is 5.31. The van der Waals surface area contributed by atoms with E-state index in [9.17, 15) is 0 Å². The summed E-state index contributed by atoms with van der Waals surface area (Å²) in [6.07, 6.45) is 9.06. The summed E-state index contributed by atoms with van der Waals surface area (Å²) in [5, 5.41) is 0. The van der Waals surface area contributed by atoms with Crippen LogP contribution in [-0.2, 0) is 6.42 Å². The maximum absolute atomic E-state index is 6.36. The van der Waals surface area contributed by atoms with Crippen LogP contribution in [0.4, 0.5) is 0 Å². The molecule has 0 amide bonds. The third kappa shape index (κ3) is 2.18. The fourth-order valence-corrected chi connectivity index (χ4v) is 3.53. The highest BCUT2D eigenvalue weighted by Crippen LogP contribution is 2.41. The van der Waals surface area contributed by atoms with E-state index in [1.165, 1.54) is 11.3 Å². The Morgan fingerprint density at radius 2 is 2.35 bits per heavy atom. The summed E-state index contributed by atoms with van der Waals surface area (Å²) in [7, 11) is 0. The van der Waals surface area contributed by atoms with E-state index in [-0.39, 0.29) is 17.5 Å². The Hall–Kier alpha value is -1.55. The second-order valence-electron chi connectivity index (χ2n) is 6.68. The molecule has 0 aromatic carbocycles. The standard InChI is InChI=1S/C16H24N4/c1-4-13(15-18-6-7-19-15)20-8-5-11-12(17)9-16(2,3)10-14(11)20/h5-8,12-13H,4,9-10,17H2,1-3H3,(H,18,19). The van der Waals surface area contributed by atoms with E-state index in [1.54, 1.807) is 0 Å². The SMILES string of the molecule is CCC(c1ncc[nH]1)n1ccc2c1CC(C)(C)CC2N. The number of fused-ring (bicyclic) bond motifs is 1. The highest BCUT2D eigenvalue weighted by Gasteiger charge is 2.33. The van der Waals surface area contributed by atoms with Gasteiger partial charge in [-0.1, -0.05) is 20.8 Å². The third-order valence-corrected chi connectivity index (χ3v) is 4.44. The molecule has 0 fully saturated rings. The van der Waals surface area contributed by atoms with Gasteiger partial charge < -0.3 is 15.3 Å². The number of aromatic nitrogens is 3. The molecule has 4 nitrogen and oxygen atoms in total. The zero-order chi connectivity index (χ0) is 14.3. The fraction of sp³-hybridized carbons (Fsp3) is 0.562. The predicted molar refractivity (Wildman–Crippen MR) is 80.5 cm³/mol. The average molecular weight is 272 g/mol. The zero-order valence-electron chi connectivity index (χ0n) is 12.6. The maximum atomic E-state index is 6.36. The fourth-order valence-electron chi connectivity index (χ4n) is 3.53. The molecule has 20 heavy (non-hydrogen) atoms. The van der Waals surface area contributed by atoms with Gasteiger partial charge >= 0.3 is 0 Å². The van der Waals surface area contributed by atoms with Crippen LogP contribution in [-0.4, -0.2) is 14.5 Å². The van der Waals surface area contributed by atoms with Crippen molar-refractivity contribution in [1.29, 1.82) is 0 Å². The number of hydrogen-bond acceptors (Lipinski definition) is 2. The average Bonchev–Trinajstić information content (AvgIpc) is 3.00. The largest absolute Gasteiger partial charge is 0.347 e. The molecule has 2 aromatic heterocycles. The number of aromatic amines is 1. The summed E-state index contributed by atoms with van der Waals surface area (Å²) in [5.41, 5.74) is 9.33. The minimum atomic E-state index is 0.157. The van der Waals surface area contributed by atoms with Crippen molar-refractivity contribution in [2.75, 3.05) is 0 Å². The van der Waals surface area contributed by atoms with Gasteiger partial charge in [0.15, 0.2) is 0 Å². The molecule has 0 spiro atoms. The van der Waals surface area contributed by atoms with Crippen LogP contribution in [0.3, 0.4) is 0 Å². The summed E-state index contributed by atoms with van der Waals surface area (Å²) in [6, 6.07) is 2.62. The Morgan fingerprint density at radius 1 is 1.55 bits per heavy atom. The van der Waals surface area contributed by atoms with E-state index >= 15 is 0 Å². The molecule has 2 atom stereocenters. The van der Waals surface area contributed by atoms with Gasteiger partial charge in [-0.05, 0) is 36.3 Å². The number of nitrogens with two attached hydrogens (primary N) is 1. The smallest absolute Gasteiger partial charge is 0.129 e. The molecule has 0 aliphatic heterocycles. The number of nitrogens with one attached hydrogen (secondary N) is 1. The maximum Gasteiger partial charge on any atom is 0.129 e. The minimum Gasteiger partial charge on any atom is -0.347 e. The van der Waals surface area contributed by atoms with Gasteiger partial charge in [-0.25, -0.2) is 4.98 Å². The van der Waals surface area contributed by atoms with Crippen molar-refractivity contribution in [3.63, 3.8) is 0 Å². The quantitative estimate of drug-likeness (QED) is 0.901. The van der Waals surface area contributed by atoms with Gasteiger partial charge in [0.25, 0.3) is 0 Å². The topological polar surface area (TPSA) is 59.6 Å². The molecule has 2 unspecified atom stereocenters. The first-order valence-electron chi connectivity index (χ1n) is 7.46. The number of hydrogen-bond donors (Lipinski definition) is 2. The molecule has 3 rings (SSSR count). The first kappa shape index (κ1) is 13.4. The van der Waals surface area contributed by atoms with Gasteiger partial charge in [0.1, 0.15) is 5.82 Å². The molecule has 3 N–H and O–H groups in total. The Kier molecular flexibility index (Phi) is 3.21. The van der Waals surface area contributed by atoms with Crippen LogP contribution in [0.1, 0.15) is 62.8 Å². The highest BCUT2D eigenvalue weighted by atomic mass is 15.1. The molecule has 2 aromatic rings. The van der Waals surface area contributed by atoms with E-state index < -0.39 is 0 Å². The van der Waals surface area contributed by atoms with E-state index in [0.29, 0.717) is 0 Å². The summed E-state index contributed by atoms with van der Waals surface area (Å²) in [5.74, 6) is 1.03. The van der Waals surface area contributed by atoms with Crippen molar-refractivity contribution in [2.45, 2.75) is 52.1 Å². The molecular weight excluding hydrogens is 248 g/mol. The lowest BCUT2D eigenvalue weighted by molar-refractivity contribution is 0.272. The summed E-state index contributed by atoms with van der Waals surface area (Å²) >= 11 is 0. The molecular formula is C16H24N4. The lowest BCUT2D eigenvalue weighted by Crippen LogP contribution is -2.31.